The standard InChI is InChI=1S/C19H25N/c1-14(2)17-10-12-19(13-11-17)16(4)20-15(3)18-8-6-5-7-9-18/h5-16,20H,1-4H3/t15-,16?/m1/s1. The van der Waals surface area contributed by atoms with Crippen molar-refractivity contribution in [3.05, 3.63) is 71.3 Å². The predicted molar refractivity (Wildman–Crippen MR) is 86.9 cm³/mol. The van der Waals surface area contributed by atoms with Gasteiger partial charge in [0.1, 0.15) is 0 Å². The van der Waals surface area contributed by atoms with E-state index in [0.29, 0.717) is 18.0 Å². The van der Waals surface area contributed by atoms with Crippen LogP contribution in [0.25, 0.3) is 0 Å². The molecule has 2 atom stereocenters. The minimum absolute atomic E-state index is 0.353. The molecular weight excluding hydrogens is 242 g/mol. The molecular formula is C19H25N. The van der Waals surface area contributed by atoms with E-state index in [9.17, 15) is 0 Å². The molecule has 0 spiro atoms. The minimum atomic E-state index is 0.353. The summed E-state index contributed by atoms with van der Waals surface area (Å²) < 4.78 is 0. The van der Waals surface area contributed by atoms with Gasteiger partial charge in [-0.15, -0.1) is 0 Å². The SMILES string of the molecule is CC(C)c1ccc(C(C)N[C@H](C)c2ccccc2)cc1. The lowest BCUT2D eigenvalue weighted by Gasteiger charge is -2.21. The Morgan fingerprint density at radius 2 is 1.05 bits per heavy atom. The van der Waals surface area contributed by atoms with Crippen LogP contribution in [0.15, 0.2) is 54.6 Å². The Bertz CT molecular complexity index is 513. The Balaban J connectivity index is 2.02. The predicted octanol–water partition coefficient (Wildman–Crippen LogP) is 5.22. The smallest absolute Gasteiger partial charge is 0.0297 e. The lowest BCUT2D eigenvalue weighted by Crippen LogP contribution is -2.22. The van der Waals surface area contributed by atoms with Crippen LogP contribution < -0.4 is 5.32 Å². The highest BCUT2D eigenvalue weighted by Gasteiger charge is 2.11. The maximum absolute atomic E-state index is 3.66. The Labute approximate surface area is 123 Å². The van der Waals surface area contributed by atoms with Crippen molar-refractivity contribution in [1.29, 1.82) is 0 Å². The van der Waals surface area contributed by atoms with Crippen molar-refractivity contribution >= 4 is 0 Å². The summed E-state index contributed by atoms with van der Waals surface area (Å²) >= 11 is 0. The van der Waals surface area contributed by atoms with Gasteiger partial charge in [0.05, 0.1) is 0 Å². The second-order valence-electron chi connectivity index (χ2n) is 5.84. The zero-order valence-corrected chi connectivity index (χ0v) is 12.9. The molecule has 0 radical (unpaired) electrons. The van der Waals surface area contributed by atoms with Crippen LogP contribution >= 0.6 is 0 Å². The first-order valence-electron chi connectivity index (χ1n) is 7.48. The van der Waals surface area contributed by atoms with E-state index in [1.807, 2.05) is 0 Å². The molecule has 0 saturated carbocycles. The summed E-state index contributed by atoms with van der Waals surface area (Å²) in [7, 11) is 0. The van der Waals surface area contributed by atoms with Crippen LogP contribution in [0.5, 0.6) is 0 Å². The summed E-state index contributed by atoms with van der Waals surface area (Å²) in [5, 5.41) is 3.66. The average molecular weight is 267 g/mol. The number of hydrogen-bond acceptors (Lipinski definition) is 1. The molecule has 1 N–H and O–H groups in total. The third-order valence-electron chi connectivity index (χ3n) is 3.90. The molecule has 2 rings (SSSR count). The second kappa shape index (κ2) is 6.71. The third kappa shape index (κ3) is 3.71. The van der Waals surface area contributed by atoms with Gasteiger partial charge in [0.2, 0.25) is 0 Å². The van der Waals surface area contributed by atoms with Crippen LogP contribution in [-0.4, -0.2) is 0 Å². The quantitative estimate of drug-likeness (QED) is 0.783. The summed E-state index contributed by atoms with van der Waals surface area (Å²) in [6.07, 6.45) is 0. The molecule has 1 unspecified atom stereocenters. The molecule has 0 aliphatic heterocycles. The molecule has 0 heterocycles. The summed E-state index contributed by atoms with van der Waals surface area (Å²) in [6.45, 7) is 8.90. The molecule has 2 aromatic rings. The first-order chi connectivity index (χ1) is 9.58. The molecule has 2 aromatic carbocycles. The summed E-state index contributed by atoms with van der Waals surface area (Å²) in [5.74, 6) is 0.593. The molecule has 0 fully saturated rings. The van der Waals surface area contributed by atoms with Gasteiger partial charge in [0.25, 0.3) is 0 Å². The summed E-state index contributed by atoms with van der Waals surface area (Å²) in [4.78, 5) is 0. The fraction of sp³-hybridized carbons (Fsp3) is 0.368. The molecule has 1 nitrogen and oxygen atoms in total. The highest BCUT2D eigenvalue weighted by atomic mass is 14.9. The van der Waals surface area contributed by atoms with E-state index in [1.54, 1.807) is 0 Å². The Kier molecular flexibility index (Phi) is 4.97. The monoisotopic (exact) mass is 267 g/mol. The van der Waals surface area contributed by atoms with E-state index < -0.39 is 0 Å². The first-order valence-corrected chi connectivity index (χ1v) is 7.48. The van der Waals surface area contributed by atoms with Crippen LogP contribution in [0.4, 0.5) is 0 Å². The van der Waals surface area contributed by atoms with Gasteiger partial charge < -0.3 is 5.32 Å². The molecule has 1 heteroatoms. The molecule has 0 aliphatic rings. The van der Waals surface area contributed by atoms with Crippen LogP contribution in [0.1, 0.15) is 62.4 Å². The van der Waals surface area contributed by atoms with E-state index in [1.165, 1.54) is 16.7 Å². The number of rotatable bonds is 5. The number of hydrogen-bond donors (Lipinski definition) is 1. The topological polar surface area (TPSA) is 12.0 Å². The van der Waals surface area contributed by atoms with Crippen molar-refractivity contribution in [1.82, 2.24) is 5.32 Å². The average Bonchev–Trinajstić information content (AvgIpc) is 2.48. The van der Waals surface area contributed by atoms with Crippen molar-refractivity contribution < 1.29 is 0 Å². The van der Waals surface area contributed by atoms with E-state index >= 15 is 0 Å². The molecule has 0 bridgehead atoms. The van der Waals surface area contributed by atoms with Crippen molar-refractivity contribution in [2.24, 2.45) is 0 Å². The van der Waals surface area contributed by atoms with Crippen molar-refractivity contribution in [3.63, 3.8) is 0 Å². The largest absolute Gasteiger partial charge is 0.304 e. The highest BCUT2D eigenvalue weighted by Crippen LogP contribution is 2.21. The van der Waals surface area contributed by atoms with Crippen molar-refractivity contribution in [2.45, 2.75) is 45.7 Å². The van der Waals surface area contributed by atoms with E-state index in [4.69, 9.17) is 0 Å². The number of benzene rings is 2. The normalized spacial score (nSPS) is 14.2. The van der Waals surface area contributed by atoms with Crippen molar-refractivity contribution in [2.75, 3.05) is 0 Å². The first kappa shape index (κ1) is 14.8. The summed E-state index contributed by atoms with van der Waals surface area (Å²) in [5.41, 5.74) is 4.08. The van der Waals surface area contributed by atoms with Crippen LogP contribution in [0.3, 0.4) is 0 Å². The molecule has 20 heavy (non-hydrogen) atoms. The van der Waals surface area contributed by atoms with Gasteiger partial charge >= 0.3 is 0 Å². The van der Waals surface area contributed by atoms with Crippen LogP contribution in [0.2, 0.25) is 0 Å². The fourth-order valence-electron chi connectivity index (χ4n) is 2.48. The maximum atomic E-state index is 3.66. The van der Waals surface area contributed by atoms with Gasteiger partial charge in [-0.2, -0.15) is 0 Å². The Hall–Kier alpha value is -1.60. The lowest BCUT2D eigenvalue weighted by atomic mass is 9.99. The molecule has 0 aliphatic carbocycles. The highest BCUT2D eigenvalue weighted by molar-refractivity contribution is 5.27. The third-order valence-corrected chi connectivity index (χ3v) is 3.90. The zero-order valence-electron chi connectivity index (χ0n) is 12.9. The van der Waals surface area contributed by atoms with Gasteiger partial charge in [-0.1, -0.05) is 68.4 Å². The zero-order chi connectivity index (χ0) is 14.5. The lowest BCUT2D eigenvalue weighted by molar-refractivity contribution is 0.494. The van der Waals surface area contributed by atoms with Crippen LogP contribution in [0, 0.1) is 0 Å². The van der Waals surface area contributed by atoms with Gasteiger partial charge in [-0.25, -0.2) is 0 Å². The van der Waals surface area contributed by atoms with E-state index in [2.05, 4.69) is 87.6 Å². The molecule has 0 amide bonds. The molecule has 0 saturated heterocycles. The van der Waals surface area contributed by atoms with Gasteiger partial charge in [-0.3, -0.25) is 0 Å². The number of nitrogens with one attached hydrogen (secondary N) is 1. The van der Waals surface area contributed by atoms with E-state index in [0.717, 1.165) is 0 Å². The fourth-order valence-corrected chi connectivity index (χ4v) is 2.48. The van der Waals surface area contributed by atoms with Gasteiger partial charge in [0.15, 0.2) is 0 Å². The molecule has 106 valence electrons. The molecule has 0 aromatic heterocycles. The van der Waals surface area contributed by atoms with Gasteiger partial charge in [0, 0.05) is 12.1 Å². The Morgan fingerprint density at radius 3 is 1.55 bits per heavy atom. The Morgan fingerprint density at radius 1 is 0.600 bits per heavy atom. The van der Waals surface area contributed by atoms with Crippen molar-refractivity contribution in [3.8, 4) is 0 Å². The van der Waals surface area contributed by atoms with Gasteiger partial charge in [-0.05, 0) is 36.5 Å². The summed E-state index contributed by atoms with van der Waals surface area (Å²) in [6, 6.07) is 20.3. The van der Waals surface area contributed by atoms with E-state index in [-0.39, 0.29) is 0 Å². The van der Waals surface area contributed by atoms with Crippen LogP contribution in [-0.2, 0) is 0 Å². The maximum Gasteiger partial charge on any atom is 0.0297 e. The minimum Gasteiger partial charge on any atom is -0.304 e. The second-order valence-corrected chi connectivity index (χ2v) is 5.84.